The summed E-state index contributed by atoms with van der Waals surface area (Å²) in [6, 6.07) is 0. The van der Waals surface area contributed by atoms with Crippen LogP contribution in [0.15, 0.2) is 0 Å². The quantitative estimate of drug-likeness (QED) is 0.564. The third-order valence-corrected chi connectivity index (χ3v) is 2.08. The number of hydrogen-bond acceptors (Lipinski definition) is 7. The molecule has 8 nitrogen and oxygen atoms in total. The van der Waals surface area contributed by atoms with Gasteiger partial charge in [-0.1, -0.05) is 11.3 Å². The van der Waals surface area contributed by atoms with E-state index in [0.29, 0.717) is 11.3 Å². The molecular formula is C6H4O8S. The van der Waals surface area contributed by atoms with Gasteiger partial charge in [-0.25, -0.2) is 9.59 Å². The average molecular weight is 236 g/mol. The zero-order valence-corrected chi connectivity index (χ0v) is 7.65. The maximum atomic E-state index is 10.1. The van der Waals surface area contributed by atoms with E-state index in [1.807, 2.05) is 0 Å². The van der Waals surface area contributed by atoms with Crippen molar-refractivity contribution in [1.29, 1.82) is 0 Å². The second kappa shape index (κ2) is 3.92. The highest BCUT2D eigenvalue weighted by molar-refractivity contribution is 7.16. The minimum Gasteiger partial charge on any atom is -0.501 e. The third kappa shape index (κ3) is 2.40. The zero-order valence-electron chi connectivity index (χ0n) is 6.83. The van der Waals surface area contributed by atoms with Gasteiger partial charge in [0.25, 0.3) is 0 Å². The van der Waals surface area contributed by atoms with Crippen molar-refractivity contribution in [1.82, 2.24) is 0 Å². The molecular weight excluding hydrogens is 232 g/mol. The van der Waals surface area contributed by atoms with E-state index in [-0.39, 0.29) is 0 Å². The molecule has 1 aromatic heterocycles. The van der Waals surface area contributed by atoms with Gasteiger partial charge in [0.1, 0.15) is 0 Å². The summed E-state index contributed by atoms with van der Waals surface area (Å²) in [5.74, 6) is -1.78. The van der Waals surface area contributed by atoms with E-state index < -0.39 is 33.9 Å². The number of thiophene rings is 1. The zero-order chi connectivity index (χ0) is 11.6. The number of hydrogen-bond donors (Lipinski definition) is 4. The first kappa shape index (κ1) is 10.9. The van der Waals surface area contributed by atoms with Crippen LogP contribution in [0.2, 0.25) is 0 Å². The first-order valence-electron chi connectivity index (χ1n) is 3.28. The van der Waals surface area contributed by atoms with Gasteiger partial charge in [0.2, 0.25) is 21.6 Å². The largest absolute Gasteiger partial charge is 0.512 e. The molecule has 0 atom stereocenters. The van der Waals surface area contributed by atoms with Gasteiger partial charge in [0.05, 0.1) is 0 Å². The van der Waals surface area contributed by atoms with Crippen molar-refractivity contribution in [3.8, 4) is 21.6 Å². The Labute approximate surface area is 85.5 Å². The fraction of sp³-hybridized carbons (Fsp3) is 0. The Bertz CT molecular complexity index is 371. The van der Waals surface area contributed by atoms with Crippen LogP contribution in [0.1, 0.15) is 0 Å². The fourth-order valence-corrected chi connectivity index (χ4v) is 1.45. The number of carboxylic acid groups (broad SMARTS) is 2. The van der Waals surface area contributed by atoms with Gasteiger partial charge in [-0.15, -0.1) is 0 Å². The van der Waals surface area contributed by atoms with E-state index in [4.69, 9.17) is 20.4 Å². The summed E-state index contributed by atoms with van der Waals surface area (Å²) in [7, 11) is 0. The van der Waals surface area contributed by atoms with Gasteiger partial charge in [-0.2, -0.15) is 0 Å². The molecule has 1 rings (SSSR count). The lowest BCUT2D eigenvalue weighted by molar-refractivity contribution is 0.142. The number of rotatable bonds is 2. The molecule has 0 amide bonds. The van der Waals surface area contributed by atoms with Crippen LogP contribution in [-0.4, -0.2) is 32.7 Å². The van der Waals surface area contributed by atoms with E-state index in [1.54, 1.807) is 0 Å². The molecule has 0 aliphatic heterocycles. The Morgan fingerprint density at radius 1 is 0.933 bits per heavy atom. The van der Waals surface area contributed by atoms with Crippen molar-refractivity contribution in [2.45, 2.75) is 0 Å². The van der Waals surface area contributed by atoms with Gasteiger partial charge in [-0.3, -0.25) is 0 Å². The second-order valence-corrected chi connectivity index (χ2v) is 3.06. The Morgan fingerprint density at radius 2 is 1.27 bits per heavy atom. The van der Waals surface area contributed by atoms with Crippen LogP contribution in [0.5, 0.6) is 21.6 Å². The Balaban J connectivity index is 3.00. The average Bonchev–Trinajstić information content (AvgIpc) is 2.32. The number of aromatic hydroxyl groups is 2. The first-order chi connectivity index (χ1) is 6.91. The van der Waals surface area contributed by atoms with E-state index in [2.05, 4.69) is 9.47 Å². The van der Waals surface area contributed by atoms with Crippen LogP contribution < -0.4 is 9.47 Å². The summed E-state index contributed by atoms with van der Waals surface area (Å²) in [6.07, 6.45) is -3.43. The normalized spacial score (nSPS) is 9.60. The highest BCUT2D eigenvalue weighted by Crippen LogP contribution is 2.51. The standard InChI is InChI=1S/C6H4O8S/c7-1-2(8)4(14-6(11)12)15-3(1)13-5(9)10/h7-8H,(H,9,10)(H,11,12). The molecule has 1 heterocycles. The van der Waals surface area contributed by atoms with Crippen LogP contribution in [0, 0.1) is 0 Å². The molecule has 0 radical (unpaired) electrons. The maximum Gasteiger partial charge on any atom is 0.512 e. The highest BCUT2D eigenvalue weighted by Gasteiger charge is 2.23. The smallest absolute Gasteiger partial charge is 0.501 e. The Morgan fingerprint density at radius 3 is 1.53 bits per heavy atom. The Hall–Kier alpha value is -2.16. The Kier molecular flexibility index (Phi) is 2.85. The summed E-state index contributed by atoms with van der Waals surface area (Å²) < 4.78 is 8.08. The van der Waals surface area contributed by atoms with Gasteiger partial charge in [0, 0.05) is 0 Å². The number of ether oxygens (including phenoxy) is 2. The van der Waals surface area contributed by atoms with Crippen molar-refractivity contribution >= 4 is 23.6 Å². The van der Waals surface area contributed by atoms with Gasteiger partial charge in [0.15, 0.2) is 0 Å². The summed E-state index contributed by atoms with van der Waals surface area (Å²) in [5.41, 5.74) is 0. The third-order valence-electron chi connectivity index (χ3n) is 1.16. The predicted octanol–water partition coefficient (Wildman–Crippen LogP) is 1.27. The van der Waals surface area contributed by atoms with Gasteiger partial charge in [-0.05, 0) is 0 Å². The topological polar surface area (TPSA) is 134 Å². The summed E-state index contributed by atoms with van der Waals surface area (Å²) >= 11 is 0.337. The van der Waals surface area contributed by atoms with Crippen LogP contribution in [0.3, 0.4) is 0 Å². The molecule has 82 valence electrons. The molecule has 0 spiro atoms. The molecule has 0 aromatic carbocycles. The fourth-order valence-electron chi connectivity index (χ4n) is 0.671. The van der Waals surface area contributed by atoms with E-state index in [1.165, 1.54) is 0 Å². The number of carbonyl (C=O) groups is 2. The second-order valence-electron chi connectivity index (χ2n) is 2.11. The van der Waals surface area contributed by atoms with E-state index >= 15 is 0 Å². The molecule has 0 aliphatic carbocycles. The summed E-state index contributed by atoms with van der Waals surface area (Å²) in [6.45, 7) is 0. The lowest BCUT2D eigenvalue weighted by atomic mass is 10.5. The van der Waals surface area contributed by atoms with E-state index in [0.717, 1.165) is 0 Å². The monoisotopic (exact) mass is 236 g/mol. The molecule has 9 heteroatoms. The van der Waals surface area contributed by atoms with Crippen molar-refractivity contribution < 1.29 is 39.5 Å². The molecule has 0 saturated heterocycles. The molecule has 0 fully saturated rings. The van der Waals surface area contributed by atoms with Crippen LogP contribution in [0.4, 0.5) is 9.59 Å². The lowest BCUT2D eigenvalue weighted by Gasteiger charge is -1.94. The first-order valence-corrected chi connectivity index (χ1v) is 4.09. The molecule has 0 unspecified atom stereocenters. The maximum absolute atomic E-state index is 10.1. The van der Waals surface area contributed by atoms with Gasteiger partial charge >= 0.3 is 12.3 Å². The van der Waals surface area contributed by atoms with Crippen molar-refractivity contribution in [3.05, 3.63) is 0 Å². The molecule has 0 aliphatic rings. The van der Waals surface area contributed by atoms with Crippen LogP contribution in [-0.2, 0) is 0 Å². The molecule has 0 saturated carbocycles. The predicted molar refractivity (Wildman–Crippen MR) is 45.0 cm³/mol. The van der Waals surface area contributed by atoms with E-state index in [9.17, 15) is 9.59 Å². The van der Waals surface area contributed by atoms with Crippen molar-refractivity contribution in [3.63, 3.8) is 0 Å². The SMILES string of the molecule is O=C(O)Oc1sc(OC(=O)O)c(O)c1O. The summed E-state index contributed by atoms with van der Waals surface area (Å²) in [5, 5.41) is 33.4. The molecule has 15 heavy (non-hydrogen) atoms. The molecule has 1 aromatic rings. The van der Waals surface area contributed by atoms with Crippen LogP contribution in [0.25, 0.3) is 0 Å². The van der Waals surface area contributed by atoms with Crippen LogP contribution >= 0.6 is 11.3 Å². The lowest BCUT2D eigenvalue weighted by Crippen LogP contribution is -2.01. The van der Waals surface area contributed by atoms with Crippen molar-refractivity contribution in [2.75, 3.05) is 0 Å². The molecule has 0 bridgehead atoms. The minimum absolute atomic E-state index is 0.337. The van der Waals surface area contributed by atoms with Crippen molar-refractivity contribution in [2.24, 2.45) is 0 Å². The molecule has 4 N–H and O–H groups in total. The highest BCUT2D eigenvalue weighted by atomic mass is 32.1. The summed E-state index contributed by atoms with van der Waals surface area (Å²) in [4.78, 5) is 20.2. The minimum atomic E-state index is -1.71. The van der Waals surface area contributed by atoms with Gasteiger partial charge < -0.3 is 29.9 Å².